The highest BCUT2D eigenvalue weighted by Crippen LogP contribution is 2.28. The van der Waals surface area contributed by atoms with Crippen LogP contribution in [0, 0.1) is 6.92 Å². The summed E-state index contributed by atoms with van der Waals surface area (Å²) < 4.78 is 7.80. The Morgan fingerprint density at radius 1 is 1.24 bits per heavy atom. The number of nitrogens with two attached hydrogens (primary N) is 1. The zero-order valence-electron chi connectivity index (χ0n) is 19.9. The second-order valence-corrected chi connectivity index (χ2v) is 8.34. The Hall–Kier alpha value is -4.01. The van der Waals surface area contributed by atoms with E-state index >= 15 is 0 Å². The molecule has 3 aromatic heterocycles. The van der Waals surface area contributed by atoms with Gasteiger partial charge in [-0.05, 0) is 45.4 Å². The summed E-state index contributed by atoms with van der Waals surface area (Å²) in [7, 11) is 1.67. The van der Waals surface area contributed by atoms with Crippen LogP contribution in [0.2, 0.25) is 0 Å². The minimum Gasteiger partial charge on any atom is -0.455 e. The average molecular weight is 460 g/mol. The first-order valence-corrected chi connectivity index (χ1v) is 11.3. The van der Waals surface area contributed by atoms with E-state index < -0.39 is 0 Å². The summed E-state index contributed by atoms with van der Waals surface area (Å²) >= 11 is 0. The molecule has 2 N–H and O–H groups in total. The number of aliphatic imine (C=N–C) groups is 1. The summed E-state index contributed by atoms with van der Waals surface area (Å²) in [6.07, 6.45) is 7.28. The predicted octanol–water partition coefficient (Wildman–Crippen LogP) is 3.42. The third kappa shape index (κ3) is 4.54. The lowest BCUT2D eigenvalue weighted by Gasteiger charge is -2.33. The molecule has 0 spiro atoms. The molecule has 0 aromatic carbocycles. The Morgan fingerprint density at radius 2 is 2.06 bits per heavy atom. The fourth-order valence-electron chi connectivity index (χ4n) is 3.98. The monoisotopic (exact) mass is 459 g/mol. The Morgan fingerprint density at radius 3 is 2.76 bits per heavy atom. The summed E-state index contributed by atoms with van der Waals surface area (Å²) in [6.45, 7) is 7.62. The smallest absolute Gasteiger partial charge is 0.264 e. The van der Waals surface area contributed by atoms with Gasteiger partial charge in [0.1, 0.15) is 11.5 Å². The van der Waals surface area contributed by atoms with Gasteiger partial charge in [0, 0.05) is 62.6 Å². The van der Waals surface area contributed by atoms with Gasteiger partial charge in [-0.2, -0.15) is 0 Å². The SMILES string of the molecule is CN=CC(=CN)c1cc(Oc2ccc(-c3cnc4n(c3=O)CCCN4C(C)C)nc2C)ccn1. The van der Waals surface area contributed by atoms with Crippen molar-refractivity contribution < 1.29 is 4.74 Å². The lowest BCUT2D eigenvalue weighted by atomic mass is 10.1. The average Bonchev–Trinajstić information content (AvgIpc) is 2.84. The normalized spacial score (nSPS) is 14.0. The van der Waals surface area contributed by atoms with Crippen LogP contribution in [-0.2, 0) is 6.54 Å². The van der Waals surface area contributed by atoms with E-state index in [1.807, 2.05) is 13.0 Å². The fourth-order valence-corrected chi connectivity index (χ4v) is 3.98. The highest BCUT2D eigenvalue weighted by Gasteiger charge is 2.23. The molecule has 4 rings (SSSR count). The van der Waals surface area contributed by atoms with Crippen LogP contribution >= 0.6 is 0 Å². The van der Waals surface area contributed by atoms with Gasteiger partial charge in [-0.15, -0.1) is 0 Å². The standard InChI is InChI=1S/C25H29N7O2/c1-16(2)31-10-5-11-32-24(33)20(15-29-25(31)32)21-6-7-23(17(3)30-21)34-19-8-9-28-22(12-19)18(13-26)14-27-4/h6-9,12-16H,5,10-11,26H2,1-4H3. The van der Waals surface area contributed by atoms with Crippen molar-refractivity contribution in [2.45, 2.75) is 39.8 Å². The second-order valence-electron chi connectivity index (χ2n) is 8.34. The summed E-state index contributed by atoms with van der Waals surface area (Å²) in [5, 5.41) is 0. The summed E-state index contributed by atoms with van der Waals surface area (Å²) in [4.78, 5) is 33.0. The van der Waals surface area contributed by atoms with Crippen LogP contribution in [-0.4, -0.2) is 45.4 Å². The molecule has 0 saturated heterocycles. The van der Waals surface area contributed by atoms with Gasteiger partial charge >= 0.3 is 0 Å². The molecule has 0 bridgehead atoms. The van der Waals surface area contributed by atoms with E-state index in [-0.39, 0.29) is 11.6 Å². The first-order chi connectivity index (χ1) is 16.4. The molecule has 0 amide bonds. The van der Waals surface area contributed by atoms with Gasteiger partial charge in [-0.1, -0.05) is 0 Å². The highest BCUT2D eigenvalue weighted by molar-refractivity contribution is 6.08. The number of ether oxygens (including phenoxy) is 1. The molecule has 3 aromatic rings. The lowest BCUT2D eigenvalue weighted by molar-refractivity contribution is 0.475. The lowest BCUT2D eigenvalue weighted by Crippen LogP contribution is -2.42. The number of hydrogen-bond donors (Lipinski definition) is 1. The molecular formula is C25H29N7O2. The predicted molar refractivity (Wildman–Crippen MR) is 134 cm³/mol. The number of fused-ring (bicyclic) bond motifs is 1. The topological polar surface area (TPSA) is 112 Å². The van der Waals surface area contributed by atoms with E-state index in [1.165, 1.54) is 6.20 Å². The third-order valence-electron chi connectivity index (χ3n) is 5.70. The van der Waals surface area contributed by atoms with E-state index in [2.05, 4.69) is 38.7 Å². The van der Waals surface area contributed by atoms with Gasteiger partial charge in [-0.3, -0.25) is 19.3 Å². The maximum atomic E-state index is 13.2. The molecule has 34 heavy (non-hydrogen) atoms. The van der Waals surface area contributed by atoms with E-state index in [4.69, 9.17) is 10.5 Å². The van der Waals surface area contributed by atoms with Crippen LogP contribution in [0.3, 0.4) is 0 Å². The van der Waals surface area contributed by atoms with Crippen molar-refractivity contribution in [1.82, 2.24) is 19.5 Å². The summed E-state index contributed by atoms with van der Waals surface area (Å²) in [5.74, 6) is 1.90. The fraction of sp³-hybridized carbons (Fsp3) is 0.320. The van der Waals surface area contributed by atoms with E-state index in [0.717, 1.165) is 18.9 Å². The molecule has 9 nitrogen and oxygen atoms in total. The molecule has 0 radical (unpaired) electrons. The number of aryl methyl sites for hydroxylation is 1. The number of anilines is 1. The molecule has 0 unspecified atom stereocenters. The molecule has 1 aliphatic heterocycles. The third-order valence-corrected chi connectivity index (χ3v) is 5.70. The van der Waals surface area contributed by atoms with Crippen LogP contribution in [0.15, 0.2) is 52.6 Å². The molecular weight excluding hydrogens is 430 g/mol. The number of aromatic nitrogens is 4. The first kappa shape index (κ1) is 23.2. The molecule has 0 fully saturated rings. The van der Waals surface area contributed by atoms with Gasteiger partial charge in [-0.25, -0.2) is 9.97 Å². The van der Waals surface area contributed by atoms with E-state index in [1.54, 1.807) is 48.4 Å². The van der Waals surface area contributed by atoms with Gasteiger partial charge in [0.2, 0.25) is 5.95 Å². The minimum absolute atomic E-state index is 0.0756. The molecule has 4 heterocycles. The zero-order chi connectivity index (χ0) is 24.2. The number of hydrogen-bond acceptors (Lipinski definition) is 8. The maximum absolute atomic E-state index is 13.2. The van der Waals surface area contributed by atoms with Crippen molar-refractivity contribution in [3.05, 3.63) is 64.6 Å². The molecule has 0 aliphatic carbocycles. The second kappa shape index (κ2) is 9.86. The Labute approximate surface area is 198 Å². The van der Waals surface area contributed by atoms with Crippen molar-refractivity contribution in [2.24, 2.45) is 10.7 Å². The van der Waals surface area contributed by atoms with Crippen molar-refractivity contribution in [1.29, 1.82) is 0 Å². The van der Waals surface area contributed by atoms with Crippen LogP contribution in [0.1, 0.15) is 31.7 Å². The molecule has 1 aliphatic rings. The van der Waals surface area contributed by atoms with Crippen molar-refractivity contribution in [2.75, 3.05) is 18.5 Å². The summed E-state index contributed by atoms with van der Waals surface area (Å²) in [6, 6.07) is 7.42. The quantitative estimate of drug-likeness (QED) is 0.562. The van der Waals surface area contributed by atoms with Gasteiger partial charge in [0.05, 0.1) is 22.6 Å². The largest absolute Gasteiger partial charge is 0.455 e. The Kier molecular flexibility index (Phi) is 6.72. The number of pyridine rings is 2. The maximum Gasteiger partial charge on any atom is 0.264 e. The van der Waals surface area contributed by atoms with Gasteiger partial charge in [0.25, 0.3) is 5.56 Å². The number of allylic oxidation sites excluding steroid dienone is 1. The molecule has 176 valence electrons. The Balaban J connectivity index is 1.62. The van der Waals surface area contributed by atoms with Crippen LogP contribution in [0.4, 0.5) is 5.95 Å². The summed E-state index contributed by atoms with van der Waals surface area (Å²) in [5.41, 5.74) is 8.66. The number of rotatable bonds is 6. The van der Waals surface area contributed by atoms with Crippen molar-refractivity contribution >= 4 is 17.7 Å². The molecule has 9 heteroatoms. The molecule has 0 atom stereocenters. The molecule has 0 saturated carbocycles. The Bertz CT molecular complexity index is 1310. The minimum atomic E-state index is -0.0756. The van der Waals surface area contributed by atoms with E-state index in [0.29, 0.717) is 46.3 Å². The van der Waals surface area contributed by atoms with Crippen LogP contribution in [0.25, 0.3) is 16.8 Å². The highest BCUT2D eigenvalue weighted by atomic mass is 16.5. The van der Waals surface area contributed by atoms with E-state index in [9.17, 15) is 4.79 Å². The zero-order valence-corrected chi connectivity index (χ0v) is 19.9. The van der Waals surface area contributed by atoms with Gasteiger partial charge < -0.3 is 15.4 Å². The van der Waals surface area contributed by atoms with Gasteiger partial charge in [0.15, 0.2) is 0 Å². The van der Waals surface area contributed by atoms with Crippen LogP contribution < -0.4 is 20.9 Å². The first-order valence-electron chi connectivity index (χ1n) is 11.3. The van der Waals surface area contributed by atoms with Crippen LogP contribution in [0.5, 0.6) is 11.5 Å². The van der Waals surface area contributed by atoms with Crippen molar-refractivity contribution in [3.63, 3.8) is 0 Å². The number of nitrogens with zero attached hydrogens (tertiary/aromatic N) is 6. The van der Waals surface area contributed by atoms with Crippen molar-refractivity contribution in [3.8, 4) is 22.8 Å².